The minimum absolute atomic E-state index is 0.178. The summed E-state index contributed by atoms with van der Waals surface area (Å²) in [6, 6.07) is 6.87. The van der Waals surface area contributed by atoms with Gasteiger partial charge in [0.2, 0.25) is 10.0 Å². The van der Waals surface area contributed by atoms with Crippen molar-refractivity contribution >= 4 is 41.9 Å². The molecule has 100 valence electrons. The summed E-state index contributed by atoms with van der Waals surface area (Å²) in [5, 5.41) is 0.920. The van der Waals surface area contributed by atoms with Crippen LogP contribution >= 0.6 is 31.9 Å². The van der Waals surface area contributed by atoms with Gasteiger partial charge in [0.25, 0.3) is 0 Å². The molecule has 1 saturated carbocycles. The Hall–Kier alpha value is 0.0900. The Kier molecular flexibility index (Phi) is 4.52. The topological polar surface area (TPSA) is 46.2 Å². The van der Waals surface area contributed by atoms with Crippen molar-refractivity contribution in [3.8, 4) is 0 Å². The predicted octanol–water partition coefficient (Wildman–Crippen LogP) is 3.29. The molecule has 0 atom stereocenters. The minimum Gasteiger partial charge on any atom is -0.211 e. The lowest BCUT2D eigenvalue weighted by atomic mass is 10.1. The van der Waals surface area contributed by atoms with Crippen molar-refractivity contribution in [2.24, 2.45) is 5.41 Å². The summed E-state index contributed by atoms with van der Waals surface area (Å²) in [4.78, 5) is 0.305. The molecule has 0 heterocycles. The fourth-order valence-corrected chi connectivity index (χ4v) is 4.88. The van der Waals surface area contributed by atoms with Crippen LogP contribution in [0.25, 0.3) is 0 Å². The Morgan fingerprint density at radius 3 is 2.50 bits per heavy atom. The second-order valence-corrected chi connectivity index (χ2v) is 8.08. The second-order valence-electron chi connectivity index (χ2n) is 4.69. The SMILES string of the molecule is O=S(=O)(NCC1(CCBr)CC1)c1ccccc1Br. The van der Waals surface area contributed by atoms with Gasteiger partial charge in [0.1, 0.15) is 0 Å². The summed E-state index contributed by atoms with van der Waals surface area (Å²) in [5.74, 6) is 0. The first-order chi connectivity index (χ1) is 8.49. The highest BCUT2D eigenvalue weighted by Crippen LogP contribution is 2.48. The lowest BCUT2D eigenvalue weighted by Gasteiger charge is -2.15. The molecule has 0 unspecified atom stereocenters. The number of alkyl halides is 1. The van der Waals surface area contributed by atoms with Gasteiger partial charge in [-0.2, -0.15) is 0 Å². The van der Waals surface area contributed by atoms with Crippen molar-refractivity contribution in [2.75, 3.05) is 11.9 Å². The lowest BCUT2D eigenvalue weighted by molar-refractivity contribution is 0.480. The third-order valence-electron chi connectivity index (χ3n) is 3.35. The number of hydrogen-bond donors (Lipinski definition) is 1. The van der Waals surface area contributed by atoms with Crippen LogP contribution in [0.5, 0.6) is 0 Å². The van der Waals surface area contributed by atoms with Gasteiger partial charge in [-0.15, -0.1) is 0 Å². The molecule has 2 rings (SSSR count). The van der Waals surface area contributed by atoms with Crippen LogP contribution in [0.3, 0.4) is 0 Å². The lowest BCUT2D eigenvalue weighted by Crippen LogP contribution is -2.30. The maximum absolute atomic E-state index is 12.2. The fraction of sp³-hybridized carbons (Fsp3) is 0.500. The molecule has 1 N–H and O–H groups in total. The largest absolute Gasteiger partial charge is 0.241 e. The molecule has 0 saturated heterocycles. The number of sulfonamides is 1. The number of benzene rings is 1. The monoisotopic (exact) mass is 395 g/mol. The van der Waals surface area contributed by atoms with Gasteiger partial charge in [-0.1, -0.05) is 28.1 Å². The van der Waals surface area contributed by atoms with E-state index in [1.165, 1.54) is 0 Å². The first-order valence-corrected chi connectivity index (χ1v) is 9.19. The molecule has 1 fully saturated rings. The predicted molar refractivity (Wildman–Crippen MR) is 79.4 cm³/mol. The van der Waals surface area contributed by atoms with E-state index in [1.807, 2.05) is 0 Å². The number of rotatable bonds is 6. The van der Waals surface area contributed by atoms with E-state index in [1.54, 1.807) is 24.3 Å². The first kappa shape index (κ1) is 14.5. The van der Waals surface area contributed by atoms with E-state index < -0.39 is 10.0 Å². The minimum atomic E-state index is -3.41. The van der Waals surface area contributed by atoms with Crippen LogP contribution in [-0.2, 0) is 10.0 Å². The van der Waals surface area contributed by atoms with Crippen molar-refractivity contribution < 1.29 is 8.42 Å². The van der Waals surface area contributed by atoms with Crippen LogP contribution < -0.4 is 4.72 Å². The number of halogens is 2. The summed E-state index contributed by atoms with van der Waals surface area (Å²) < 4.78 is 27.7. The van der Waals surface area contributed by atoms with Gasteiger partial charge in [0, 0.05) is 16.3 Å². The van der Waals surface area contributed by atoms with Gasteiger partial charge >= 0.3 is 0 Å². The van der Waals surface area contributed by atoms with Crippen molar-refractivity contribution in [1.29, 1.82) is 0 Å². The van der Waals surface area contributed by atoms with Crippen LogP contribution in [0.15, 0.2) is 33.6 Å². The molecule has 1 aromatic rings. The van der Waals surface area contributed by atoms with Gasteiger partial charge in [0.15, 0.2) is 0 Å². The highest BCUT2D eigenvalue weighted by atomic mass is 79.9. The molecule has 1 aliphatic rings. The zero-order valence-electron chi connectivity index (χ0n) is 9.83. The van der Waals surface area contributed by atoms with Crippen LogP contribution in [0.1, 0.15) is 19.3 Å². The first-order valence-electron chi connectivity index (χ1n) is 5.79. The summed E-state index contributed by atoms with van der Waals surface area (Å²) in [6.45, 7) is 0.530. The van der Waals surface area contributed by atoms with E-state index in [0.717, 1.165) is 24.6 Å². The van der Waals surface area contributed by atoms with Crippen molar-refractivity contribution in [3.05, 3.63) is 28.7 Å². The van der Waals surface area contributed by atoms with Crippen molar-refractivity contribution in [3.63, 3.8) is 0 Å². The molecule has 18 heavy (non-hydrogen) atoms. The van der Waals surface area contributed by atoms with E-state index >= 15 is 0 Å². The summed E-state index contributed by atoms with van der Waals surface area (Å²) in [7, 11) is -3.41. The molecule has 3 nitrogen and oxygen atoms in total. The van der Waals surface area contributed by atoms with E-state index in [-0.39, 0.29) is 5.41 Å². The van der Waals surface area contributed by atoms with Gasteiger partial charge < -0.3 is 0 Å². The zero-order chi connectivity index (χ0) is 13.2. The van der Waals surface area contributed by atoms with Crippen LogP contribution in [0, 0.1) is 5.41 Å². The molecule has 1 aromatic carbocycles. The molecule has 0 radical (unpaired) electrons. The third kappa shape index (κ3) is 3.35. The maximum atomic E-state index is 12.2. The quantitative estimate of drug-likeness (QED) is 0.750. The average Bonchev–Trinajstić information content (AvgIpc) is 3.08. The van der Waals surface area contributed by atoms with Crippen LogP contribution in [0.4, 0.5) is 0 Å². The molecule has 6 heteroatoms. The summed E-state index contributed by atoms with van der Waals surface area (Å²) >= 11 is 6.69. The Labute approximate surface area is 125 Å². The van der Waals surface area contributed by atoms with Crippen molar-refractivity contribution in [1.82, 2.24) is 4.72 Å². The molecule has 0 aliphatic heterocycles. The standard InChI is InChI=1S/C12H15Br2NO2S/c13-8-7-12(5-6-12)9-15-18(16,17)11-4-2-1-3-10(11)14/h1-4,15H,5-9H2. The van der Waals surface area contributed by atoms with Gasteiger partial charge in [-0.05, 0) is 52.7 Å². The summed E-state index contributed by atoms with van der Waals surface area (Å²) in [5.41, 5.74) is 0.178. The van der Waals surface area contributed by atoms with Crippen LogP contribution in [0.2, 0.25) is 0 Å². The molecule has 0 aromatic heterocycles. The van der Waals surface area contributed by atoms with E-state index in [2.05, 4.69) is 36.6 Å². The normalized spacial score (nSPS) is 17.7. The number of hydrogen-bond acceptors (Lipinski definition) is 2. The Balaban J connectivity index is 2.07. The van der Waals surface area contributed by atoms with Gasteiger partial charge in [0.05, 0.1) is 4.90 Å². The molecule has 0 bridgehead atoms. The van der Waals surface area contributed by atoms with E-state index in [4.69, 9.17) is 0 Å². The Bertz CT molecular complexity index is 527. The summed E-state index contributed by atoms with van der Waals surface area (Å²) in [6.07, 6.45) is 3.24. The second kappa shape index (κ2) is 5.61. The smallest absolute Gasteiger partial charge is 0.211 e. The van der Waals surface area contributed by atoms with Crippen LogP contribution in [-0.4, -0.2) is 20.3 Å². The maximum Gasteiger partial charge on any atom is 0.241 e. The molecule has 0 amide bonds. The Morgan fingerprint density at radius 2 is 1.94 bits per heavy atom. The van der Waals surface area contributed by atoms with E-state index in [0.29, 0.717) is 15.9 Å². The molecular formula is C12H15Br2NO2S. The molecule has 0 spiro atoms. The molecular weight excluding hydrogens is 382 g/mol. The zero-order valence-corrected chi connectivity index (χ0v) is 13.8. The highest BCUT2D eigenvalue weighted by molar-refractivity contribution is 9.10. The van der Waals surface area contributed by atoms with E-state index in [9.17, 15) is 8.42 Å². The molecule has 1 aliphatic carbocycles. The highest BCUT2D eigenvalue weighted by Gasteiger charge is 2.42. The fourth-order valence-electron chi connectivity index (χ4n) is 1.88. The Morgan fingerprint density at radius 1 is 1.28 bits per heavy atom. The van der Waals surface area contributed by atoms with Gasteiger partial charge in [-0.3, -0.25) is 0 Å². The van der Waals surface area contributed by atoms with Gasteiger partial charge in [-0.25, -0.2) is 13.1 Å². The third-order valence-corrected chi connectivity index (χ3v) is 6.16. The number of nitrogens with one attached hydrogen (secondary N) is 1. The van der Waals surface area contributed by atoms with Crippen molar-refractivity contribution in [2.45, 2.75) is 24.2 Å². The average molecular weight is 397 g/mol.